The summed E-state index contributed by atoms with van der Waals surface area (Å²) >= 11 is 0. The lowest BCUT2D eigenvalue weighted by molar-refractivity contribution is -0.151. The van der Waals surface area contributed by atoms with Crippen molar-refractivity contribution >= 4 is 5.97 Å². The van der Waals surface area contributed by atoms with Gasteiger partial charge >= 0.3 is 5.97 Å². The second-order valence-electron chi connectivity index (χ2n) is 4.19. The number of benzene rings is 1. The van der Waals surface area contributed by atoms with Gasteiger partial charge in [-0.05, 0) is 38.0 Å². The van der Waals surface area contributed by atoms with E-state index in [2.05, 4.69) is 0 Å². The third-order valence-electron chi connectivity index (χ3n) is 2.73. The maximum Gasteiger partial charge on any atom is 0.347 e. The molecule has 20 heavy (non-hydrogen) atoms. The van der Waals surface area contributed by atoms with Gasteiger partial charge in [0.15, 0.2) is 17.6 Å². The minimum atomic E-state index is -0.627. The lowest BCUT2D eigenvalue weighted by Gasteiger charge is -2.18. The second kappa shape index (κ2) is 8.43. The molecule has 0 heterocycles. The zero-order chi connectivity index (χ0) is 15.0. The first-order valence-corrected chi connectivity index (χ1v) is 6.95. The molecule has 0 saturated carbocycles. The number of esters is 1. The molecule has 112 valence electrons. The van der Waals surface area contributed by atoms with E-state index in [4.69, 9.17) is 19.9 Å². The maximum absolute atomic E-state index is 11.8. The van der Waals surface area contributed by atoms with Gasteiger partial charge in [0, 0.05) is 6.54 Å². The predicted octanol–water partition coefficient (Wildman–Crippen LogP) is 2.26. The molecule has 0 bridgehead atoms. The molecule has 1 aromatic carbocycles. The van der Waals surface area contributed by atoms with Gasteiger partial charge in [0.25, 0.3) is 0 Å². The van der Waals surface area contributed by atoms with Gasteiger partial charge in [-0.3, -0.25) is 0 Å². The Hall–Kier alpha value is -1.75. The van der Waals surface area contributed by atoms with E-state index in [1.54, 1.807) is 13.0 Å². The van der Waals surface area contributed by atoms with Crippen LogP contribution in [0.25, 0.3) is 0 Å². The first-order valence-electron chi connectivity index (χ1n) is 6.95. The molecule has 0 saturated heterocycles. The molecule has 0 aliphatic rings. The zero-order valence-electron chi connectivity index (χ0n) is 12.3. The van der Waals surface area contributed by atoms with E-state index in [1.165, 1.54) is 0 Å². The summed E-state index contributed by atoms with van der Waals surface area (Å²) in [5.74, 6) is 0.766. The molecular formula is C15H23NO4. The standard InChI is InChI=1S/C15H23NO4/c1-4-12(15(17)19-6-3)20-13-8-7-11(10-16)9-14(13)18-5-2/h7-9,12H,4-6,10,16H2,1-3H3. The molecule has 0 aliphatic heterocycles. The van der Waals surface area contributed by atoms with E-state index in [9.17, 15) is 4.79 Å². The minimum Gasteiger partial charge on any atom is -0.490 e. The second-order valence-corrected chi connectivity index (χ2v) is 4.19. The Kier molecular flexibility index (Phi) is 6.87. The van der Waals surface area contributed by atoms with E-state index in [0.717, 1.165) is 5.56 Å². The third kappa shape index (κ3) is 4.42. The molecule has 5 nitrogen and oxygen atoms in total. The predicted molar refractivity (Wildman–Crippen MR) is 76.8 cm³/mol. The Morgan fingerprint density at radius 2 is 1.95 bits per heavy atom. The first-order chi connectivity index (χ1) is 9.65. The molecule has 1 unspecified atom stereocenters. The van der Waals surface area contributed by atoms with Crippen molar-refractivity contribution in [2.75, 3.05) is 13.2 Å². The quantitative estimate of drug-likeness (QED) is 0.740. The molecule has 0 amide bonds. The Balaban J connectivity index is 2.91. The number of carbonyl (C=O) groups is 1. The monoisotopic (exact) mass is 281 g/mol. The highest BCUT2D eigenvalue weighted by molar-refractivity contribution is 5.75. The molecule has 1 rings (SSSR count). The van der Waals surface area contributed by atoms with E-state index in [1.807, 2.05) is 26.0 Å². The van der Waals surface area contributed by atoms with Crippen LogP contribution < -0.4 is 15.2 Å². The van der Waals surface area contributed by atoms with Crippen LogP contribution >= 0.6 is 0 Å². The summed E-state index contributed by atoms with van der Waals surface area (Å²) in [6, 6.07) is 5.46. The molecule has 0 fully saturated rings. The summed E-state index contributed by atoms with van der Waals surface area (Å²) in [6.45, 7) is 6.81. The summed E-state index contributed by atoms with van der Waals surface area (Å²) in [5.41, 5.74) is 6.56. The van der Waals surface area contributed by atoms with Crippen LogP contribution in [0.15, 0.2) is 18.2 Å². The average Bonchev–Trinajstić information content (AvgIpc) is 2.46. The fraction of sp³-hybridized carbons (Fsp3) is 0.533. The van der Waals surface area contributed by atoms with Gasteiger partial charge in [-0.2, -0.15) is 0 Å². The van der Waals surface area contributed by atoms with Crippen LogP contribution in [0, 0.1) is 0 Å². The maximum atomic E-state index is 11.8. The van der Waals surface area contributed by atoms with Crippen molar-refractivity contribution in [2.45, 2.75) is 39.8 Å². The number of nitrogens with two attached hydrogens (primary N) is 1. The van der Waals surface area contributed by atoms with Crippen LogP contribution in [-0.2, 0) is 16.1 Å². The first kappa shape index (κ1) is 16.3. The molecule has 5 heteroatoms. The lowest BCUT2D eigenvalue weighted by Crippen LogP contribution is -2.28. The summed E-state index contributed by atoms with van der Waals surface area (Å²) in [7, 11) is 0. The van der Waals surface area contributed by atoms with Crippen molar-refractivity contribution in [1.82, 2.24) is 0 Å². The topological polar surface area (TPSA) is 70.8 Å². The highest BCUT2D eigenvalue weighted by atomic mass is 16.6. The van der Waals surface area contributed by atoms with Crippen molar-refractivity contribution < 1.29 is 19.0 Å². The van der Waals surface area contributed by atoms with Gasteiger partial charge in [0.1, 0.15) is 0 Å². The van der Waals surface area contributed by atoms with E-state index >= 15 is 0 Å². The van der Waals surface area contributed by atoms with Gasteiger partial charge < -0.3 is 19.9 Å². The van der Waals surface area contributed by atoms with Gasteiger partial charge in [-0.1, -0.05) is 13.0 Å². The third-order valence-corrected chi connectivity index (χ3v) is 2.73. The van der Waals surface area contributed by atoms with Crippen LogP contribution in [0.3, 0.4) is 0 Å². The molecule has 2 N–H and O–H groups in total. The highest BCUT2D eigenvalue weighted by Crippen LogP contribution is 2.30. The van der Waals surface area contributed by atoms with Crippen LogP contribution in [-0.4, -0.2) is 25.3 Å². The number of carbonyl (C=O) groups excluding carboxylic acids is 1. The number of ether oxygens (including phenoxy) is 3. The summed E-state index contributed by atoms with van der Waals surface area (Å²) in [4.78, 5) is 11.8. The summed E-state index contributed by atoms with van der Waals surface area (Å²) in [6.07, 6.45) is -0.0962. The van der Waals surface area contributed by atoms with Crippen LogP contribution in [0.2, 0.25) is 0 Å². The molecule has 0 aromatic heterocycles. The summed E-state index contributed by atoms with van der Waals surface area (Å²) in [5, 5.41) is 0. The highest BCUT2D eigenvalue weighted by Gasteiger charge is 2.21. The Morgan fingerprint density at radius 1 is 1.20 bits per heavy atom. The molecule has 0 aliphatic carbocycles. The van der Waals surface area contributed by atoms with Crippen LogP contribution in [0.5, 0.6) is 11.5 Å². The van der Waals surface area contributed by atoms with Crippen molar-refractivity contribution in [3.63, 3.8) is 0 Å². The zero-order valence-corrected chi connectivity index (χ0v) is 12.3. The van der Waals surface area contributed by atoms with Gasteiger partial charge in [-0.25, -0.2) is 4.79 Å². The SMILES string of the molecule is CCOC(=O)C(CC)Oc1ccc(CN)cc1OCC. The van der Waals surface area contributed by atoms with E-state index in [0.29, 0.717) is 37.7 Å². The normalized spacial score (nSPS) is 11.8. The number of hydrogen-bond acceptors (Lipinski definition) is 5. The van der Waals surface area contributed by atoms with Crippen molar-refractivity contribution in [3.05, 3.63) is 23.8 Å². The largest absolute Gasteiger partial charge is 0.490 e. The molecule has 1 aromatic rings. The van der Waals surface area contributed by atoms with Crippen LogP contribution in [0.1, 0.15) is 32.8 Å². The van der Waals surface area contributed by atoms with Gasteiger partial charge in [0.05, 0.1) is 13.2 Å². The number of rotatable bonds is 8. The summed E-state index contributed by atoms with van der Waals surface area (Å²) < 4.78 is 16.2. The smallest absolute Gasteiger partial charge is 0.347 e. The average molecular weight is 281 g/mol. The van der Waals surface area contributed by atoms with Crippen molar-refractivity contribution in [2.24, 2.45) is 5.73 Å². The Morgan fingerprint density at radius 3 is 2.50 bits per heavy atom. The Labute approximate surface area is 120 Å². The lowest BCUT2D eigenvalue weighted by atomic mass is 10.2. The molecular weight excluding hydrogens is 258 g/mol. The van der Waals surface area contributed by atoms with E-state index < -0.39 is 6.10 Å². The molecule has 0 spiro atoms. The fourth-order valence-electron chi connectivity index (χ4n) is 1.73. The van der Waals surface area contributed by atoms with Gasteiger partial charge in [-0.15, -0.1) is 0 Å². The van der Waals surface area contributed by atoms with Crippen LogP contribution in [0.4, 0.5) is 0 Å². The minimum absolute atomic E-state index is 0.336. The molecule has 1 atom stereocenters. The fourth-order valence-corrected chi connectivity index (χ4v) is 1.73. The van der Waals surface area contributed by atoms with Crippen molar-refractivity contribution in [1.29, 1.82) is 0 Å². The number of hydrogen-bond donors (Lipinski definition) is 1. The van der Waals surface area contributed by atoms with Crippen molar-refractivity contribution in [3.8, 4) is 11.5 Å². The Bertz CT molecular complexity index is 434. The van der Waals surface area contributed by atoms with Gasteiger partial charge in [0.2, 0.25) is 0 Å². The molecule has 0 radical (unpaired) electrons. The van der Waals surface area contributed by atoms with E-state index in [-0.39, 0.29) is 5.97 Å².